The highest BCUT2D eigenvalue weighted by molar-refractivity contribution is 9.09. The molecular weight excluding hydrogens is 270 g/mol. The van der Waals surface area contributed by atoms with Crippen molar-refractivity contribution in [2.24, 2.45) is 0 Å². The summed E-state index contributed by atoms with van der Waals surface area (Å²) in [7, 11) is 1.77. The van der Waals surface area contributed by atoms with E-state index in [0.29, 0.717) is 12.1 Å². The fourth-order valence-corrected chi connectivity index (χ4v) is 2.35. The zero-order valence-electron chi connectivity index (χ0n) is 10.5. The predicted octanol–water partition coefficient (Wildman–Crippen LogP) is 2.29. The lowest BCUT2D eigenvalue weighted by molar-refractivity contribution is 0.00404. The van der Waals surface area contributed by atoms with Crippen LogP contribution in [0, 0.1) is 0 Å². The van der Waals surface area contributed by atoms with Crippen molar-refractivity contribution in [2.45, 2.75) is 38.3 Å². The van der Waals surface area contributed by atoms with Gasteiger partial charge in [-0.2, -0.15) is 0 Å². The van der Waals surface area contributed by atoms with Crippen LogP contribution in [0.15, 0.2) is 0 Å². The third-order valence-corrected chi connectivity index (χ3v) is 3.59. The van der Waals surface area contributed by atoms with Crippen LogP contribution in [-0.2, 0) is 9.47 Å². The topological polar surface area (TPSA) is 21.7 Å². The van der Waals surface area contributed by atoms with Gasteiger partial charge in [0.15, 0.2) is 0 Å². The van der Waals surface area contributed by atoms with Gasteiger partial charge >= 0.3 is 0 Å². The molecule has 4 heteroatoms. The third kappa shape index (κ3) is 5.13. The molecule has 0 radical (unpaired) electrons. The summed E-state index contributed by atoms with van der Waals surface area (Å²) in [5, 5.41) is 0.942. The van der Waals surface area contributed by atoms with Crippen LogP contribution in [-0.4, -0.2) is 55.8 Å². The second-order valence-corrected chi connectivity index (χ2v) is 5.22. The van der Waals surface area contributed by atoms with Crippen LogP contribution >= 0.6 is 15.9 Å². The lowest BCUT2D eigenvalue weighted by Gasteiger charge is -2.35. The van der Waals surface area contributed by atoms with E-state index in [-0.39, 0.29) is 0 Å². The molecule has 0 aromatic heterocycles. The molecule has 1 rings (SSSR count). The number of rotatable bonds is 7. The summed E-state index contributed by atoms with van der Waals surface area (Å²) in [4.78, 5) is 2.55. The molecule has 1 unspecified atom stereocenters. The fourth-order valence-electron chi connectivity index (χ4n) is 2.17. The second kappa shape index (κ2) is 8.45. The van der Waals surface area contributed by atoms with E-state index in [1.165, 1.54) is 12.8 Å². The van der Waals surface area contributed by atoms with Crippen LogP contribution < -0.4 is 0 Å². The van der Waals surface area contributed by atoms with Gasteiger partial charge in [-0.25, -0.2) is 0 Å². The number of hydrogen-bond acceptors (Lipinski definition) is 3. The van der Waals surface area contributed by atoms with Gasteiger partial charge in [0.1, 0.15) is 0 Å². The number of ether oxygens (including phenoxy) is 2. The van der Waals surface area contributed by atoms with Gasteiger partial charge < -0.3 is 14.4 Å². The third-order valence-electron chi connectivity index (χ3n) is 3.27. The lowest BCUT2D eigenvalue weighted by Crippen LogP contribution is -2.42. The summed E-state index contributed by atoms with van der Waals surface area (Å²) in [5.41, 5.74) is 0. The molecule has 0 saturated carbocycles. The van der Waals surface area contributed by atoms with Crippen LogP contribution in [0.3, 0.4) is 0 Å². The number of methoxy groups -OCH3 is 1. The summed E-state index contributed by atoms with van der Waals surface area (Å²) in [6.07, 6.45) is 3.95. The molecule has 3 nitrogen and oxygen atoms in total. The fraction of sp³-hybridized carbons (Fsp3) is 1.00. The van der Waals surface area contributed by atoms with E-state index < -0.39 is 0 Å². The number of likely N-dealkylation sites (tertiary alicyclic amines) is 1. The summed E-state index contributed by atoms with van der Waals surface area (Å²) in [6.45, 7) is 6.32. The number of alkyl halides is 1. The Hall–Kier alpha value is 0.360. The number of nitrogens with zero attached hydrogens (tertiary/aromatic N) is 1. The number of halogens is 1. The van der Waals surface area contributed by atoms with Crippen LogP contribution in [0.2, 0.25) is 0 Å². The second-order valence-electron chi connectivity index (χ2n) is 4.43. The first-order valence-corrected chi connectivity index (χ1v) is 7.30. The Morgan fingerprint density at radius 3 is 2.56 bits per heavy atom. The van der Waals surface area contributed by atoms with E-state index in [1.54, 1.807) is 7.11 Å². The molecule has 1 saturated heterocycles. The highest BCUT2D eigenvalue weighted by Crippen LogP contribution is 2.17. The Labute approximate surface area is 108 Å². The highest BCUT2D eigenvalue weighted by atomic mass is 79.9. The minimum absolute atomic E-state index is 0.475. The van der Waals surface area contributed by atoms with E-state index in [4.69, 9.17) is 9.47 Å². The molecule has 0 spiro atoms. The zero-order chi connectivity index (χ0) is 11.8. The molecule has 1 fully saturated rings. The highest BCUT2D eigenvalue weighted by Gasteiger charge is 2.22. The summed E-state index contributed by atoms with van der Waals surface area (Å²) in [6, 6.07) is 0.636. The monoisotopic (exact) mass is 293 g/mol. The van der Waals surface area contributed by atoms with E-state index in [9.17, 15) is 0 Å². The maximum atomic E-state index is 5.74. The maximum absolute atomic E-state index is 5.74. The average Bonchev–Trinajstić information content (AvgIpc) is 2.34. The molecule has 96 valence electrons. The molecule has 0 aromatic rings. The molecule has 0 amide bonds. The van der Waals surface area contributed by atoms with Crippen molar-refractivity contribution in [1.82, 2.24) is 4.90 Å². The summed E-state index contributed by atoms with van der Waals surface area (Å²) in [5.74, 6) is 0. The zero-order valence-corrected chi connectivity index (χ0v) is 12.0. The van der Waals surface area contributed by atoms with Crippen molar-refractivity contribution in [1.29, 1.82) is 0 Å². The van der Waals surface area contributed by atoms with E-state index >= 15 is 0 Å². The normalized spacial score (nSPS) is 21.2. The number of hydrogen-bond donors (Lipinski definition) is 0. The SMILES string of the molecule is COCCC(C)N1CCC(OCCBr)CC1. The van der Waals surface area contributed by atoms with Gasteiger partial charge in [0, 0.05) is 38.2 Å². The molecule has 1 heterocycles. The average molecular weight is 294 g/mol. The van der Waals surface area contributed by atoms with E-state index in [2.05, 4.69) is 27.8 Å². The van der Waals surface area contributed by atoms with Gasteiger partial charge in [-0.1, -0.05) is 15.9 Å². The van der Waals surface area contributed by atoms with Gasteiger partial charge in [-0.15, -0.1) is 0 Å². The van der Waals surface area contributed by atoms with Crippen molar-refractivity contribution >= 4 is 15.9 Å². The van der Waals surface area contributed by atoms with Gasteiger partial charge in [-0.3, -0.25) is 0 Å². The first kappa shape index (κ1) is 14.4. The van der Waals surface area contributed by atoms with Gasteiger partial charge in [0.05, 0.1) is 12.7 Å². The maximum Gasteiger partial charge on any atom is 0.0599 e. The van der Waals surface area contributed by atoms with Crippen LogP contribution in [0.25, 0.3) is 0 Å². The van der Waals surface area contributed by atoms with Crippen molar-refractivity contribution in [2.75, 3.05) is 38.7 Å². The Morgan fingerprint density at radius 2 is 2.00 bits per heavy atom. The molecule has 0 aliphatic carbocycles. The molecule has 16 heavy (non-hydrogen) atoms. The van der Waals surface area contributed by atoms with Crippen LogP contribution in [0.4, 0.5) is 0 Å². The van der Waals surface area contributed by atoms with Crippen molar-refractivity contribution in [3.8, 4) is 0 Å². The minimum atomic E-state index is 0.475. The first-order chi connectivity index (χ1) is 7.77. The van der Waals surface area contributed by atoms with Gasteiger partial charge in [0.25, 0.3) is 0 Å². The predicted molar refractivity (Wildman–Crippen MR) is 70.3 cm³/mol. The summed E-state index contributed by atoms with van der Waals surface area (Å²) < 4.78 is 10.9. The largest absolute Gasteiger partial charge is 0.385 e. The Morgan fingerprint density at radius 1 is 1.31 bits per heavy atom. The molecule has 1 atom stereocenters. The standard InChI is InChI=1S/C12H24BrNO2/c1-11(5-9-15-2)14-7-3-12(4-8-14)16-10-6-13/h11-12H,3-10H2,1-2H3. The number of piperidine rings is 1. The van der Waals surface area contributed by atoms with Gasteiger partial charge in [-0.05, 0) is 26.2 Å². The Bertz CT molecular complexity index is 172. The van der Waals surface area contributed by atoms with E-state index in [1.807, 2.05) is 0 Å². The van der Waals surface area contributed by atoms with Crippen molar-refractivity contribution in [3.05, 3.63) is 0 Å². The van der Waals surface area contributed by atoms with Crippen LogP contribution in [0.5, 0.6) is 0 Å². The molecule has 1 aliphatic rings. The first-order valence-electron chi connectivity index (χ1n) is 6.18. The molecular formula is C12H24BrNO2. The molecule has 0 bridgehead atoms. The molecule has 1 aliphatic heterocycles. The minimum Gasteiger partial charge on any atom is -0.385 e. The van der Waals surface area contributed by atoms with Crippen molar-refractivity contribution in [3.63, 3.8) is 0 Å². The van der Waals surface area contributed by atoms with Crippen molar-refractivity contribution < 1.29 is 9.47 Å². The quantitative estimate of drug-likeness (QED) is 0.672. The lowest BCUT2D eigenvalue weighted by atomic mass is 10.0. The molecule has 0 N–H and O–H groups in total. The Kier molecular flexibility index (Phi) is 7.62. The smallest absolute Gasteiger partial charge is 0.0599 e. The molecule has 0 aromatic carbocycles. The Balaban J connectivity index is 2.15. The van der Waals surface area contributed by atoms with Gasteiger partial charge in [0.2, 0.25) is 0 Å². The summed E-state index contributed by atoms with van der Waals surface area (Å²) >= 11 is 3.39. The van der Waals surface area contributed by atoms with E-state index in [0.717, 1.165) is 38.1 Å². The van der Waals surface area contributed by atoms with Crippen LogP contribution in [0.1, 0.15) is 26.2 Å².